The molecule has 3 unspecified atom stereocenters. The SMILES string of the molecule is COC(=O)C1CC2CCCCC2N1CCC(=O)Nc1c(C)nn(-c2ccccc2)c1C. The Bertz CT molecular complexity index is 940. The Balaban J connectivity index is 1.43. The molecule has 1 saturated carbocycles. The molecule has 7 heteroatoms. The van der Waals surface area contributed by atoms with Crippen LogP contribution in [-0.2, 0) is 14.3 Å². The van der Waals surface area contributed by atoms with E-state index >= 15 is 0 Å². The Kier molecular flexibility index (Phi) is 6.41. The van der Waals surface area contributed by atoms with Crippen LogP contribution in [0.25, 0.3) is 5.69 Å². The van der Waals surface area contributed by atoms with E-state index in [9.17, 15) is 9.59 Å². The Morgan fingerprint density at radius 2 is 1.90 bits per heavy atom. The Hall–Kier alpha value is -2.67. The van der Waals surface area contributed by atoms with E-state index in [0.717, 1.165) is 42.0 Å². The highest BCUT2D eigenvalue weighted by Gasteiger charge is 2.45. The molecule has 7 nitrogen and oxygen atoms in total. The molecular formula is C24H32N4O3. The van der Waals surface area contributed by atoms with Gasteiger partial charge in [-0.15, -0.1) is 0 Å². The number of anilines is 1. The van der Waals surface area contributed by atoms with Crippen molar-refractivity contribution >= 4 is 17.6 Å². The van der Waals surface area contributed by atoms with Crippen molar-refractivity contribution in [3.63, 3.8) is 0 Å². The van der Waals surface area contributed by atoms with E-state index < -0.39 is 0 Å². The molecule has 1 saturated heterocycles. The van der Waals surface area contributed by atoms with E-state index in [0.29, 0.717) is 24.9 Å². The maximum absolute atomic E-state index is 12.8. The number of ether oxygens (including phenoxy) is 1. The number of nitrogens with zero attached hydrogens (tertiary/aromatic N) is 3. The lowest BCUT2D eigenvalue weighted by Gasteiger charge is -2.33. The van der Waals surface area contributed by atoms with Crippen LogP contribution in [0.2, 0.25) is 0 Å². The van der Waals surface area contributed by atoms with Gasteiger partial charge in [0.25, 0.3) is 0 Å². The third-order valence-corrected chi connectivity index (χ3v) is 6.85. The van der Waals surface area contributed by atoms with Crippen molar-refractivity contribution in [2.75, 3.05) is 19.0 Å². The molecule has 31 heavy (non-hydrogen) atoms. The number of amides is 1. The van der Waals surface area contributed by atoms with Gasteiger partial charge in [0, 0.05) is 19.0 Å². The molecule has 1 N–H and O–H groups in total. The van der Waals surface area contributed by atoms with Crippen LogP contribution in [0.1, 0.15) is 49.9 Å². The molecular weight excluding hydrogens is 392 g/mol. The van der Waals surface area contributed by atoms with Gasteiger partial charge in [0.1, 0.15) is 6.04 Å². The van der Waals surface area contributed by atoms with Crippen molar-refractivity contribution in [2.45, 2.75) is 64.5 Å². The molecule has 3 atom stereocenters. The maximum atomic E-state index is 12.8. The van der Waals surface area contributed by atoms with E-state index in [1.165, 1.54) is 20.0 Å². The normalized spacial score (nSPS) is 23.4. The number of benzene rings is 1. The van der Waals surface area contributed by atoms with E-state index in [1.54, 1.807) is 0 Å². The van der Waals surface area contributed by atoms with Gasteiger partial charge in [-0.3, -0.25) is 14.5 Å². The molecule has 0 bridgehead atoms. The van der Waals surface area contributed by atoms with Gasteiger partial charge < -0.3 is 10.1 Å². The molecule has 1 aliphatic carbocycles. The van der Waals surface area contributed by atoms with Crippen molar-refractivity contribution in [1.29, 1.82) is 0 Å². The van der Waals surface area contributed by atoms with E-state index in [4.69, 9.17) is 4.74 Å². The second kappa shape index (κ2) is 9.22. The highest BCUT2D eigenvalue weighted by Crippen LogP contribution is 2.40. The first-order valence-electron chi connectivity index (χ1n) is 11.2. The van der Waals surface area contributed by atoms with E-state index in [2.05, 4.69) is 15.3 Å². The Labute approximate surface area is 183 Å². The molecule has 0 radical (unpaired) electrons. The summed E-state index contributed by atoms with van der Waals surface area (Å²) in [6.45, 7) is 4.43. The van der Waals surface area contributed by atoms with Gasteiger partial charge in [0.15, 0.2) is 0 Å². The van der Waals surface area contributed by atoms with Crippen molar-refractivity contribution in [3.05, 3.63) is 41.7 Å². The summed E-state index contributed by atoms with van der Waals surface area (Å²) < 4.78 is 6.91. The molecule has 166 valence electrons. The molecule has 4 rings (SSSR count). The van der Waals surface area contributed by atoms with Gasteiger partial charge in [0.05, 0.1) is 29.9 Å². The average molecular weight is 425 g/mol. The van der Waals surface area contributed by atoms with Crippen molar-refractivity contribution in [3.8, 4) is 5.69 Å². The van der Waals surface area contributed by atoms with Crippen LogP contribution in [-0.4, -0.2) is 52.3 Å². The van der Waals surface area contributed by atoms with Crippen LogP contribution in [0.5, 0.6) is 0 Å². The smallest absolute Gasteiger partial charge is 0.323 e. The van der Waals surface area contributed by atoms with Gasteiger partial charge in [-0.1, -0.05) is 31.0 Å². The quantitative estimate of drug-likeness (QED) is 0.717. The number of carbonyl (C=O) groups excluding carboxylic acids is 2. The molecule has 1 amide bonds. The zero-order chi connectivity index (χ0) is 22.0. The zero-order valence-corrected chi connectivity index (χ0v) is 18.6. The van der Waals surface area contributed by atoms with Crippen molar-refractivity contribution in [2.24, 2.45) is 5.92 Å². The zero-order valence-electron chi connectivity index (χ0n) is 18.6. The monoisotopic (exact) mass is 424 g/mol. The molecule has 1 aromatic heterocycles. The molecule has 2 aromatic rings. The van der Waals surface area contributed by atoms with Gasteiger partial charge in [-0.2, -0.15) is 5.10 Å². The average Bonchev–Trinajstić information content (AvgIpc) is 3.30. The third-order valence-electron chi connectivity index (χ3n) is 6.85. The Morgan fingerprint density at radius 3 is 2.65 bits per heavy atom. The number of esters is 1. The maximum Gasteiger partial charge on any atom is 0.323 e. The Morgan fingerprint density at radius 1 is 1.16 bits per heavy atom. The van der Waals surface area contributed by atoms with Gasteiger partial charge in [-0.25, -0.2) is 4.68 Å². The van der Waals surface area contributed by atoms with Crippen LogP contribution in [0.3, 0.4) is 0 Å². The summed E-state index contributed by atoms with van der Waals surface area (Å²) in [5, 5.41) is 7.66. The number of carbonyl (C=O) groups is 2. The van der Waals surface area contributed by atoms with Crippen LogP contribution < -0.4 is 5.32 Å². The minimum absolute atomic E-state index is 0.0540. The summed E-state index contributed by atoms with van der Waals surface area (Å²) in [4.78, 5) is 27.4. The van der Waals surface area contributed by atoms with Crippen molar-refractivity contribution < 1.29 is 14.3 Å². The van der Waals surface area contributed by atoms with Gasteiger partial charge >= 0.3 is 5.97 Å². The number of methoxy groups -OCH3 is 1. The first-order chi connectivity index (χ1) is 15.0. The van der Waals surface area contributed by atoms with E-state index in [-0.39, 0.29) is 17.9 Å². The number of para-hydroxylation sites is 1. The highest BCUT2D eigenvalue weighted by molar-refractivity contribution is 5.92. The lowest BCUT2D eigenvalue weighted by Crippen LogP contribution is -2.44. The molecule has 2 aliphatic rings. The standard InChI is InChI=1S/C24H32N4O3/c1-16-23(17(2)28(26-16)19-10-5-4-6-11-19)25-22(29)13-14-27-20-12-8-7-9-18(20)15-21(27)24(30)31-3/h4-6,10-11,18,20-21H,7-9,12-15H2,1-3H3,(H,25,29). The number of hydrogen-bond donors (Lipinski definition) is 1. The minimum atomic E-state index is -0.227. The second-order valence-electron chi connectivity index (χ2n) is 8.72. The minimum Gasteiger partial charge on any atom is -0.468 e. The second-order valence-corrected chi connectivity index (χ2v) is 8.72. The molecule has 1 aromatic carbocycles. The number of aromatic nitrogens is 2. The lowest BCUT2D eigenvalue weighted by atomic mass is 9.85. The number of rotatable bonds is 6. The molecule has 0 spiro atoms. The van der Waals surface area contributed by atoms with Crippen LogP contribution in [0.15, 0.2) is 30.3 Å². The summed E-state index contributed by atoms with van der Waals surface area (Å²) in [5.74, 6) is 0.307. The van der Waals surface area contributed by atoms with Crippen molar-refractivity contribution in [1.82, 2.24) is 14.7 Å². The first-order valence-corrected chi connectivity index (χ1v) is 11.2. The summed E-state index contributed by atoms with van der Waals surface area (Å²) in [7, 11) is 1.45. The fourth-order valence-electron chi connectivity index (χ4n) is 5.32. The predicted octanol–water partition coefficient (Wildman–Crippen LogP) is 3.62. The third kappa shape index (κ3) is 4.37. The summed E-state index contributed by atoms with van der Waals surface area (Å²) in [6, 6.07) is 10.0. The largest absolute Gasteiger partial charge is 0.468 e. The number of fused-ring (bicyclic) bond motifs is 1. The number of hydrogen-bond acceptors (Lipinski definition) is 5. The molecule has 2 fully saturated rings. The van der Waals surface area contributed by atoms with Crippen LogP contribution in [0.4, 0.5) is 5.69 Å². The predicted molar refractivity (Wildman–Crippen MR) is 119 cm³/mol. The van der Waals surface area contributed by atoms with Gasteiger partial charge in [-0.05, 0) is 51.2 Å². The highest BCUT2D eigenvalue weighted by atomic mass is 16.5. The summed E-state index contributed by atoms with van der Waals surface area (Å²) >= 11 is 0. The molecule has 1 aliphatic heterocycles. The molecule has 2 heterocycles. The number of aryl methyl sites for hydroxylation is 1. The van der Waals surface area contributed by atoms with E-state index in [1.807, 2.05) is 48.9 Å². The fourth-order valence-corrected chi connectivity index (χ4v) is 5.32. The number of nitrogens with one attached hydrogen (secondary N) is 1. The van der Waals surface area contributed by atoms with Gasteiger partial charge in [0.2, 0.25) is 5.91 Å². The topological polar surface area (TPSA) is 76.5 Å². The first kappa shape index (κ1) is 21.6. The van der Waals surface area contributed by atoms with Crippen LogP contribution >= 0.6 is 0 Å². The summed E-state index contributed by atoms with van der Waals surface area (Å²) in [6.07, 6.45) is 5.87. The number of likely N-dealkylation sites (tertiary alicyclic amines) is 1. The fraction of sp³-hybridized carbons (Fsp3) is 0.542. The summed E-state index contributed by atoms with van der Waals surface area (Å²) in [5.41, 5.74) is 3.41. The van der Waals surface area contributed by atoms with Crippen LogP contribution in [0, 0.1) is 19.8 Å². The lowest BCUT2D eigenvalue weighted by molar-refractivity contribution is -0.146.